The molecule has 2 aromatic rings. The molecule has 4 heteroatoms. The third-order valence-electron chi connectivity index (χ3n) is 2.50. The van der Waals surface area contributed by atoms with E-state index in [0.29, 0.717) is 17.0 Å². The molecule has 0 spiro atoms. The van der Waals surface area contributed by atoms with Crippen molar-refractivity contribution in [2.75, 3.05) is 5.32 Å². The van der Waals surface area contributed by atoms with Crippen LogP contribution in [0.2, 0.25) is 0 Å². The number of carbonyl (C=O) groups is 2. The first-order valence-corrected chi connectivity index (χ1v) is 5.59. The van der Waals surface area contributed by atoms with E-state index in [1.54, 1.807) is 36.4 Å². The van der Waals surface area contributed by atoms with Crippen LogP contribution in [0.25, 0.3) is 0 Å². The molecule has 2 rings (SSSR count). The van der Waals surface area contributed by atoms with Gasteiger partial charge in [0.2, 0.25) is 5.91 Å². The number of anilines is 1. The van der Waals surface area contributed by atoms with Gasteiger partial charge in [0.05, 0.1) is 18.4 Å². The van der Waals surface area contributed by atoms with Crippen molar-refractivity contribution in [1.29, 1.82) is 0 Å². The molecule has 1 aromatic heterocycles. The minimum Gasteiger partial charge on any atom is -0.469 e. The summed E-state index contributed by atoms with van der Waals surface area (Å²) in [6, 6.07) is 10.4. The van der Waals surface area contributed by atoms with Gasteiger partial charge in [-0.05, 0) is 31.2 Å². The van der Waals surface area contributed by atoms with Crippen LogP contribution >= 0.6 is 0 Å². The van der Waals surface area contributed by atoms with E-state index < -0.39 is 0 Å². The van der Waals surface area contributed by atoms with Crippen LogP contribution in [0.3, 0.4) is 0 Å². The lowest BCUT2D eigenvalue weighted by Crippen LogP contribution is -2.16. The number of para-hydroxylation sites is 1. The summed E-state index contributed by atoms with van der Waals surface area (Å²) in [6.45, 7) is 1.47. The van der Waals surface area contributed by atoms with E-state index in [-0.39, 0.29) is 18.1 Å². The first-order chi connectivity index (χ1) is 8.66. The Morgan fingerprint density at radius 3 is 2.61 bits per heavy atom. The summed E-state index contributed by atoms with van der Waals surface area (Å²) in [4.78, 5) is 23.2. The fraction of sp³-hybridized carbons (Fsp3) is 0.143. The summed E-state index contributed by atoms with van der Waals surface area (Å²) >= 11 is 0. The van der Waals surface area contributed by atoms with Crippen LogP contribution in [0.1, 0.15) is 23.0 Å². The molecule has 0 aliphatic carbocycles. The zero-order valence-corrected chi connectivity index (χ0v) is 9.97. The number of benzene rings is 1. The van der Waals surface area contributed by atoms with E-state index in [4.69, 9.17) is 4.42 Å². The molecule has 0 saturated heterocycles. The SMILES string of the molecule is CC(=O)c1ccccc1NC(=O)Cc1ccco1. The van der Waals surface area contributed by atoms with Gasteiger partial charge in [0.1, 0.15) is 5.76 Å². The van der Waals surface area contributed by atoms with Crippen molar-refractivity contribution in [3.8, 4) is 0 Å². The van der Waals surface area contributed by atoms with Crippen LogP contribution in [0.15, 0.2) is 47.1 Å². The predicted octanol–water partition coefficient (Wildman–Crippen LogP) is 2.66. The van der Waals surface area contributed by atoms with Gasteiger partial charge >= 0.3 is 0 Å². The Balaban J connectivity index is 2.09. The van der Waals surface area contributed by atoms with Crippen molar-refractivity contribution < 1.29 is 14.0 Å². The van der Waals surface area contributed by atoms with Gasteiger partial charge in [-0.2, -0.15) is 0 Å². The molecular formula is C14H13NO3. The first kappa shape index (κ1) is 12.1. The molecule has 92 valence electrons. The number of furan rings is 1. The van der Waals surface area contributed by atoms with Crippen LogP contribution in [0, 0.1) is 0 Å². The van der Waals surface area contributed by atoms with Gasteiger partial charge in [-0.25, -0.2) is 0 Å². The quantitative estimate of drug-likeness (QED) is 0.840. The van der Waals surface area contributed by atoms with E-state index in [0.717, 1.165) is 0 Å². The lowest BCUT2D eigenvalue weighted by atomic mass is 10.1. The van der Waals surface area contributed by atoms with E-state index in [2.05, 4.69) is 5.32 Å². The first-order valence-electron chi connectivity index (χ1n) is 5.59. The van der Waals surface area contributed by atoms with Gasteiger partial charge in [-0.3, -0.25) is 9.59 Å². The number of carbonyl (C=O) groups excluding carboxylic acids is 2. The highest BCUT2D eigenvalue weighted by molar-refractivity contribution is 6.03. The van der Waals surface area contributed by atoms with E-state index in [9.17, 15) is 9.59 Å². The third kappa shape index (κ3) is 2.85. The highest BCUT2D eigenvalue weighted by Crippen LogP contribution is 2.16. The van der Waals surface area contributed by atoms with E-state index in [1.165, 1.54) is 13.2 Å². The molecule has 0 atom stereocenters. The molecule has 0 aliphatic heterocycles. The summed E-state index contributed by atoms with van der Waals surface area (Å²) in [6.07, 6.45) is 1.67. The molecule has 0 aliphatic rings. The largest absolute Gasteiger partial charge is 0.469 e. The number of amides is 1. The Bertz CT molecular complexity index is 558. The van der Waals surface area contributed by atoms with Crippen molar-refractivity contribution in [3.63, 3.8) is 0 Å². The van der Waals surface area contributed by atoms with Crippen molar-refractivity contribution in [2.24, 2.45) is 0 Å². The highest BCUT2D eigenvalue weighted by Gasteiger charge is 2.10. The maximum atomic E-state index is 11.8. The summed E-state index contributed by atoms with van der Waals surface area (Å²) in [5.74, 6) is 0.301. The molecule has 1 aromatic carbocycles. The second kappa shape index (κ2) is 5.31. The van der Waals surface area contributed by atoms with Gasteiger partial charge < -0.3 is 9.73 Å². The second-order valence-corrected chi connectivity index (χ2v) is 3.91. The van der Waals surface area contributed by atoms with Gasteiger partial charge in [0.15, 0.2) is 5.78 Å². The number of ketones is 1. The Morgan fingerprint density at radius 1 is 1.17 bits per heavy atom. The molecule has 0 unspecified atom stereocenters. The van der Waals surface area contributed by atoms with Crippen LogP contribution in [0.4, 0.5) is 5.69 Å². The van der Waals surface area contributed by atoms with Crippen molar-refractivity contribution in [1.82, 2.24) is 0 Å². The average molecular weight is 243 g/mol. The standard InChI is InChI=1S/C14H13NO3/c1-10(16)12-6-2-3-7-13(12)15-14(17)9-11-5-4-8-18-11/h2-8H,9H2,1H3,(H,15,17). The van der Waals surface area contributed by atoms with Crippen molar-refractivity contribution in [2.45, 2.75) is 13.3 Å². The molecule has 4 nitrogen and oxygen atoms in total. The van der Waals surface area contributed by atoms with Crippen LogP contribution in [0.5, 0.6) is 0 Å². The summed E-state index contributed by atoms with van der Waals surface area (Å²) in [5, 5.41) is 2.71. The average Bonchev–Trinajstić information content (AvgIpc) is 2.82. The Morgan fingerprint density at radius 2 is 1.94 bits per heavy atom. The topological polar surface area (TPSA) is 59.3 Å². The van der Waals surface area contributed by atoms with Crippen LogP contribution in [-0.2, 0) is 11.2 Å². The van der Waals surface area contributed by atoms with Crippen LogP contribution < -0.4 is 5.32 Å². The molecule has 0 bridgehead atoms. The number of nitrogens with one attached hydrogen (secondary N) is 1. The molecule has 1 amide bonds. The van der Waals surface area contributed by atoms with Crippen LogP contribution in [-0.4, -0.2) is 11.7 Å². The molecule has 1 N–H and O–H groups in total. The van der Waals surface area contributed by atoms with Gasteiger partial charge in [-0.15, -0.1) is 0 Å². The van der Waals surface area contributed by atoms with Gasteiger partial charge in [0, 0.05) is 5.56 Å². The maximum Gasteiger partial charge on any atom is 0.232 e. The van der Waals surface area contributed by atoms with Gasteiger partial charge in [0.25, 0.3) is 0 Å². The summed E-state index contributed by atoms with van der Waals surface area (Å²) in [7, 11) is 0. The minimum atomic E-state index is -0.210. The smallest absolute Gasteiger partial charge is 0.232 e. The summed E-state index contributed by atoms with van der Waals surface area (Å²) < 4.78 is 5.09. The van der Waals surface area contributed by atoms with E-state index >= 15 is 0 Å². The normalized spacial score (nSPS) is 10.1. The lowest BCUT2D eigenvalue weighted by Gasteiger charge is -2.08. The Labute approximate surface area is 105 Å². The van der Waals surface area contributed by atoms with Crippen molar-refractivity contribution >= 4 is 17.4 Å². The number of hydrogen-bond donors (Lipinski definition) is 1. The molecular weight excluding hydrogens is 230 g/mol. The minimum absolute atomic E-state index is 0.0797. The van der Waals surface area contributed by atoms with E-state index in [1.807, 2.05) is 0 Å². The molecule has 0 fully saturated rings. The molecule has 18 heavy (non-hydrogen) atoms. The Kier molecular flexibility index (Phi) is 3.57. The Hall–Kier alpha value is -2.36. The highest BCUT2D eigenvalue weighted by atomic mass is 16.3. The zero-order chi connectivity index (χ0) is 13.0. The summed E-state index contributed by atoms with van der Waals surface area (Å²) in [5.41, 5.74) is 1.03. The number of Topliss-reactive ketones (excluding diaryl/α,β-unsaturated/α-hetero) is 1. The number of rotatable bonds is 4. The molecule has 0 radical (unpaired) electrons. The molecule has 0 saturated carbocycles. The fourth-order valence-corrected chi connectivity index (χ4v) is 1.66. The maximum absolute atomic E-state index is 11.8. The fourth-order valence-electron chi connectivity index (χ4n) is 1.66. The second-order valence-electron chi connectivity index (χ2n) is 3.91. The monoisotopic (exact) mass is 243 g/mol. The number of hydrogen-bond acceptors (Lipinski definition) is 3. The zero-order valence-electron chi connectivity index (χ0n) is 9.97. The predicted molar refractivity (Wildman–Crippen MR) is 67.5 cm³/mol. The van der Waals surface area contributed by atoms with Crippen molar-refractivity contribution in [3.05, 3.63) is 54.0 Å². The third-order valence-corrected chi connectivity index (χ3v) is 2.50. The lowest BCUT2D eigenvalue weighted by molar-refractivity contribution is -0.115. The van der Waals surface area contributed by atoms with Gasteiger partial charge in [-0.1, -0.05) is 12.1 Å². The molecule has 1 heterocycles.